The van der Waals surface area contributed by atoms with Crippen LogP contribution < -0.4 is 4.90 Å². The van der Waals surface area contributed by atoms with Crippen molar-refractivity contribution >= 4 is 33.6 Å². The fraction of sp³-hybridized carbons (Fsp3) is 0.188. The van der Waals surface area contributed by atoms with Crippen molar-refractivity contribution < 1.29 is 9.59 Å². The molecule has 2 amide bonds. The van der Waals surface area contributed by atoms with Crippen molar-refractivity contribution in [3.05, 3.63) is 58.7 Å². The van der Waals surface area contributed by atoms with Crippen molar-refractivity contribution in [3.63, 3.8) is 0 Å². The number of nitrogens with zero attached hydrogens (tertiary/aromatic N) is 2. The quantitative estimate of drug-likeness (QED) is 0.786. The molecule has 0 aliphatic carbocycles. The lowest BCUT2D eigenvalue weighted by Gasteiger charge is -2.22. The number of imide groups is 1. The van der Waals surface area contributed by atoms with E-state index in [1.165, 1.54) is 4.90 Å². The Morgan fingerprint density at radius 1 is 1.19 bits per heavy atom. The highest BCUT2D eigenvalue weighted by Crippen LogP contribution is 2.38. The number of hydrogen-bond donors (Lipinski definition) is 0. The summed E-state index contributed by atoms with van der Waals surface area (Å²) in [5, 5.41) is 0. The third-order valence-corrected chi connectivity index (χ3v) is 4.27. The average Bonchev–Trinajstić information content (AvgIpc) is 2.71. The van der Waals surface area contributed by atoms with Crippen molar-refractivity contribution in [2.24, 2.45) is 0 Å². The largest absolute Gasteiger partial charge is 0.274 e. The smallest absolute Gasteiger partial charge is 0.245 e. The van der Waals surface area contributed by atoms with Gasteiger partial charge in [-0.25, -0.2) is 9.88 Å². The monoisotopic (exact) mass is 344 g/mol. The number of benzene rings is 1. The van der Waals surface area contributed by atoms with Gasteiger partial charge in [-0.3, -0.25) is 9.59 Å². The minimum atomic E-state index is -0.831. The second kappa shape index (κ2) is 5.07. The van der Waals surface area contributed by atoms with Crippen LogP contribution in [0.15, 0.2) is 53.1 Å². The SMILES string of the molecule is CC1(c2ccccc2)CC(=O)N(c2cc(Br)ccn2)C1=O. The van der Waals surface area contributed by atoms with Crippen LogP contribution in [0.1, 0.15) is 18.9 Å². The molecule has 0 N–H and O–H groups in total. The number of aromatic nitrogens is 1. The molecule has 0 bridgehead atoms. The molecule has 2 heterocycles. The predicted octanol–water partition coefficient (Wildman–Crippen LogP) is 3.07. The number of hydrogen-bond acceptors (Lipinski definition) is 3. The first-order valence-electron chi connectivity index (χ1n) is 6.57. The van der Waals surface area contributed by atoms with Gasteiger partial charge in [0, 0.05) is 17.1 Å². The molecule has 1 fully saturated rings. The number of carbonyl (C=O) groups is 2. The van der Waals surface area contributed by atoms with Crippen LogP contribution in [0.25, 0.3) is 0 Å². The van der Waals surface area contributed by atoms with Gasteiger partial charge in [0.25, 0.3) is 0 Å². The molecule has 2 aromatic rings. The van der Waals surface area contributed by atoms with E-state index in [1.54, 1.807) is 25.3 Å². The molecular formula is C16H13BrN2O2. The minimum Gasteiger partial charge on any atom is -0.274 e. The van der Waals surface area contributed by atoms with Crippen molar-refractivity contribution in [3.8, 4) is 0 Å². The lowest BCUT2D eigenvalue weighted by Crippen LogP contribution is -2.37. The van der Waals surface area contributed by atoms with Gasteiger partial charge in [0.05, 0.1) is 5.41 Å². The van der Waals surface area contributed by atoms with Crippen molar-refractivity contribution in [2.75, 3.05) is 4.90 Å². The predicted molar refractivity (Wildman–Crippen MR) is 82.8 cm³/mol. The Morgan fingerprint density at radius 3 is 2.57 bits per heavy atom. The Morgan fingerprint density at radius 2 is 1.90 bits per heavy atom. The summed E-state index contributed by atoms with van der Waals surface area (Å²) in [4.78, 5) is 30.4. The minimum absolute atomic E-state index is 0.157. The van der Waals surface area contributed by atoms with Crippen LogP contribution in [-0.4, -0.2) is 16.8 Å². The normalized spacial score (nSPS) is 21.9. The van der Waals surface area contributed by atoms with Crippen LogP contribution >= 0.6 is 15.9 Å². The molecule has 1 saturated heterocycles. The summed E-state index contributed by atoms with van der Waals surface area (Å²) in [6.45, 7) is 1.81. The zero-order valence-corrected chi connectivity index (χ0v) is 13.0. The van der Waals surface area contributed by atoms with Gasteiger partial charge in [-0.15, -0.1) is 0 Å². The maximum atomic E-state index is 12.8. The molecule has 1 aromatic heterocycles. The molecule has 5 heteroatoms. The van der Waals surface area contributed by atoms with Gasteiger partial charge >= 0.3 is 0 Å². The van der Waals surface area contributed by atoms with Crippen molar-refractivity contribution in [1.29, 1.82) is 0 Å². The Balaban J connectivity index is 2.04. The van der Waals surface area contributed by atoms with E-state index in [4.69, 9.17) is 0 Å². The number of pyridine rings is 1. The topological polar surface area (TPSA) is 50.3 Å². The van der Waals surface area contributed by atoms with Crippen LogP contribution in [0.2, 0.25) is 0 Å². The summed E-state index contributed by atoms with van der Waals surface area (Å²) in [5.41, 5.74) is 0.0170. The first-order chi connectivity index (χ1) is 10.0. The summed E-state index contributed by atoms with van der Waals surface area (Å²) < 4.78 is 0.779. The summed E-state index contributed by atoms with van der Waals surface area (Å²) >= 11 is 3.33. The van der Waals surface area contributed by atoms with Crippen LogP contribution in [0.5, 0.6) is 0 Å². The highest BCUT2D eigenvalue weighted by molar-refractivity contribution is 9.10. The second-order valence-electron chi connectivity index (χ2n) is 5.24. The third-order valence-electron chi connectivity index (χ3n) is 3.78. The molecule has 1 unspecified atom stereocenters. The van der Waals surface area contributed by atoms with E-state index < -0.39 is 5.41 Å². The molecule has 1 aromatic carbocycles. The Hall–Kier alpha value is -2.01. The maximum Gasteiger partial charge on any atom is 0.245 e. The lowest BCUT2D eigenvalue weighted by molar-refractivity contribution is -0.122. The van der Waals surface area contributed by atoms with Gasteiger partial charge in [0.2, 0.25) is 11.8 Å². The molecule has 0 spiro atoms. The zero-order chi connectivity index (χ0) is 15.0. The van der Waals surface area contributed by atoms with E-state index in [-0.39, 0.29) is 18.2 Å². The summed E-state index contributed by atoms with van der Waals surface area (Å²) in [5.74, 6) is -0.0970. The molecule has 1 aliphatic heterocycles. The fourth-order valence-corrected chi connectivity index (χ4v) is 2.92. The van der Waals surface area contributed by atoms with Crippen LogP contribution in [-0.2, 0) is 15.0 Å². The van der Waals surface area contributed by atoms with E-state index >= 15 is 0 Å². The molecule has 1 aliphatic rings. The van der Waals surface area contributed by atoms with E-state index in [2.05, 4.69) is 20.9 Å². The number of halogens is 1. The third kappa shape index (κ3) is 2.27. The number of carbonyl (C=O) groups excluding carboxylic acids is 2. The molecule has 0 saturated carbocycles. The molecule has 1 atom stereocenters. The molecule has 21 heavy (non-hydrogen) atoms. The van der Waals surface area contributed by atoms with Gasteiger partial charge in [0.1, 0.15) is 5.82 Å². The lowest BCUT2D eigenvalue weighted by atomic mass is 9.81. The summed E-state index contributed by atoms with van der Waals surface area (Å²) in [7, 11) is 0. The zero-order valence-electron chi connectivity index (χ0n) is 11.4. The van der Waals surface area contributed by atoms with Crippen molar-refractivity contribution in [2.45, 2.75) is 18.8 Å². The standard InChI is InChI=1S/C16H13BrN2O2/c1-16(11-5-3-2-4-6-11)10-14(20)19(15(16)21)13-9-12(17)7-8-18-13/h2-9H,10H2,1H3. The van der Waals surface area contributed by atoms with E-state index in [1.807, 2.05) is 30.3 Å². The first kappa shape index (κ1) is 13.9. The Labute approximate surface area is 130 Å². The highest BCUT2D eigenvalue weighted by Gasteiger charge is 2.50. The molecule has 3 rings (SSSR count). The maximum absolute atomic E-state index is 12.8. The van der Waals surface area contributed by atoms with E-state index in [0.29, 0.717) is 5.82 Å². The van der Waals surface area contributed by atoms with Crippen LogP contribution in [0.3, 0.4) is 0 Å². The summed E-state index contributed by atoms with van der Waals surface area (Å²) in [6, 6.07) is 12.8. The average molecular weight is 345 g/mol. The molecule has 0 radical (unpaired) electrons. The van der Waals surface area contributed by atoms with E-state index in [9.17, 15) is 9.59 Å². The van der Waals surface area contributed by atoms with Crippen LogP contribution in [0, 0.1) is 0 Å². The fourth-order valence-electron chi connectivity index (χ4n) is 2.60. The number of anilines is 1. The second-order valence-corrected chi connectivity index (χ2v) is 6.16. The van der Waals surface area contributed by atoms with Gasteiger partial charge < -0.3 is 0 Å². The summed E-state index contributed by atoms with van der Waals surface area (Å²) in [6.07, 6.45) is 1.72. The van der Waals surface area contributed by atoms with Gasteiger partial charge in [-0.2, -0.15) is 0 Å². The van der Waals surface area contributed by atoms with Gasteiger partial charge in [-0.05, 0) is 24.6 Å². The Kier molecular flexibility index (Phi) is 3.37. The molecule has 106 valence electrons. The first-order valence-corrected chi connectivity index (χ1v) is 7.36. The molecular weight excluding hydrogens is 332 g/mol. The highest BCUT2D eigenvalue weighted by atomic mass is 79.9. The Bertz CT molecular complexity index is 717. The molecule has 4 nitrogen and oxygen atoms in total. The van der Waals surface area contributed by atoms with Gasteiger partial charge in [-0.1, -0.05) is 46.3 Å². The van der Waals surface area contributed by atoms with Crippen LogP contribution in [0.4, 0.5) is 5.82 Å². The number of amides is 2. The number of rotatable bonds is 2. The van der Waals surface area contributed by atoms with Crippen molar-refractivity contribution in [1.82, 2.24) is 4.98 Å². The van der Waals surface area contributed by atoms with Gasteiger partial charge in [0.15, 0.2) is 0 Å². The van der Waals surface area contributed by atoms with E-state index in [0.717, 1.165) is 10.0 Å².